The van der Waals surface area contributed by atoms with E-state index in [-0.39, 0.29) is 0 Å². The average molecular weight is 398 g/mol. The maximum Gasteiger partial charge on any atom is 0.128 e. The molecule has 3 aromatic rings. The number of hydrogen-bond acceptors (Lipinski definition) is 5. The van der Waals surface area contributed by atoms with Crippen molar-refractivity contribution < 1.29 is 9.47 Å². The zero-order chi connectivity index (χ0) is 19.3. The number of hydrogen-bond donors (Lipinski definition) is 1. The predicted molar refractivity (Wildman–Crippen MR) is 113 cm³/mol. The number of aromatic amines is 1. The number of aromatic nitrogens is 2. The van der Waals surface area contributed by atoms with E-state index in [0.717, 1.165) is 35.8 Å². The Morgan fingerprint density at radius 3 is 2.89 bits per heavy atom. The minimum atomic E-state index is 0.484. The first-order valence-corrected chi connectivity index (χ1v) is 10.7. The van der Waals surface area contributed by atoms with Crippen molar-refractivity contribution in [3.63, 3.8) is 0 Å². The molecule has 6 heteroatoms. The Morgan fingerprint density at radius 2 is 2.11 bits per heavy atom. The fourth-order valence-electron chi connectivity index (χ4n) is 4.05. The van der Waals surface area contributed by atoms with Crippen molar-refractivity contribution >= 4 is 11.3 Å². The monoisotopic (exact) mass is 397 g/mol. The summed E-state index contributed by atoms with van der Waals surface area (Å²) in [6.07, 6.45) is 7.01. The first-order valence-electron chi connectivity index (χ1n) is 9.82. The van der Waals surface area contributed by atoms with E-state index >= 15 is 0 Å². The molecule has 0 spiro atoms. The molecule has 1 saturated heterocycles. The van der Waals surface area contributed by atoms with Crippen molar-refractivity contribution in [2.45, 2.75) is 38.3 Å². The van der Waals surface area contributed by atoms with Gasteiger partial charge in [0.2, 0.25) is 0 Å². The van der Waals surface area contributed by atoms with Crippen LogP contribution < -0.4 is 9.47 Å². The first-order chi connectivity index (χ1) is 13.8. The zero-order valence-electron chi connectivity index (χ0n) is 16.5. The Hall–Kier alpha value is -2.31. The highest BCUT2D eigenvalue weighted by Crippen LogP contribution is 2.37. The summed E-state index contributed by atoms with van der Waals surface area (Å²) in [5, 5.41) is 9.74. The lowest BCUT2D eigenvalue weighted by molar-refractivity contribution is 0.195. The molecule has 3 heterocycles. The number of benzene rings is 1. The van der Waals surface area contributed by atoms with E-state index in [4.69, 9.17) is 9.47 Å². The molecule has 0 aliphatic carbocycles. The Morgan fingerprint density at radius 1 is 1.18 bits per heavy atom. The number of nitrogens with one attached hydrogen (secondary N) is 1. The minimum absolute atomic E-state index is 0.484. The van der Waals surface area contributed by atoms with Crippen LogP contribution in [0.3, 0.4) is 0 Å². The van der Waals surface area contributed by atoms with Crippen LogP contribution in [-0.2, 0) is 6.54 Å². The van der Waals surface area contributed by atoms with Crippen molar-refractivity contribution in [3.05, 3.63) is 52.3 Å². The molecule has 2 aromatic heterocycles. The topological polar surface area (TPSA) is 50.4 Å². The molecule has 0 bridgehead atoms. The van der Waals surface area contributed by atoms with Crippen molar-refractivity contribution in [1.29, 1.82) is 0 Å². The van der Waals surface area contributed by atoms with Gasteiger partial charge in [-0.2, -0.15) is 5.10 Å². The van der Waals surface area contributed by atoms with Crippen molar-refractivity contribution in [1.82, 2.24) is 15.1 Å². The maximum absolute atomic E-state index is 5.60. The highest BCUT2D eigenvalue weighted by Gasteiger charge is 2.25. The standard InChI is InChI=1S/C22H27N3O2S/c1-26-17-9-10-20(27-2)18(13-17)22-16(14-23-24-22)15-25-11-5-3-4-7-19(25)21-8-6-12-28-21/h6,8-10,12-14,19H,3-5,7,11,15H2,1-2H3,(H,23,24)/t19-/m0/s1. The highest BCUT2D eigenvalue weighted by atomic mass is 32.1. The van der Waals surface area contributed by atoms with E-state index in [2.05, 4.69) is 32.6 Å². The average Bonchev–Trinajstić information content (AvgIpc) is 3.37. The lowest BCUT2D eigenvalue weighted by Gasteiger charge is -2.29. The number of rotatable bonds is 6. The molecule has 0 amide bonds. The molecule has 5 nitrogen and oxygen atoms in total. The number of H-pyrrole nitrogens is 1. The summed E-state index contributed by atoms with van der Waals surface area (Å²) in [4.78, 5) is 4.07. The second-order valence-corrected chi connectivity index (χ2v) is 8.17. The summed E-state index contributed by atoms with van der Waals surface area (Å²) >= 11 is 1.87. The van der Waals surface area contributed by atoms with Crippen molar-refractivity contribution in [2.75, 3.05) is 20.8 Å². The molecule has 4 rings (SSSR count). The molecular weight excluding hydrogens is 370 g/mol. The van der Waals surface area contributed by atoms with Gasteiger partial charge in [-0.1, -0.05) is 18.9 Å². The Labute approximate surface area is 170 Å². The number of likely N-dealkylation sites (tertiary alicyclic amines) is 1. The molecule has 1 N–H and O–H groups in total. The van der Waals surface area contributed by atoms with E-state index in [9.17, 15) is 0 Å². The van der Waals surface area contributed by atoms with Crippen LogP contribution in [0.15, 0.2) is 41.9 Å². The third-order valence-electron chi connectivity index (χ3n) is 5.50. The number of thiophene rings is 1. The Balaban J connectivity index is 1.65. The smallest absolute Gasteiger partial charge is 0.128 e. The first kappa shape index (κ1) is 19.0. The Kier molecular flexibility index (Phi) is 5.98. The fourth-order valence-corrected chi connectivity index (χ4v) is 4.95. The van der Waals surface area contributed by atoms with Gasteiger partial charge in [-0.25, -0.2) is 0 Å². The van der Waals surface area contributed by atoms with Crippen LogP contribution in [0.1, 0.15) is 42.2 Å². The summed E-state index contributed by atoms with van der Waals surface area (Å²) in [6, 6.07) is 10.8. The van der Waals surface area contributed by atoms with E-state index in [1.54, 1.807) is 14.2 Å². The van der Waals surface area contributed by atoms with Gasteiger partial charge in [-0.3, -0.25) is 10.00 Å². The summed E-state index contributed by atoms with van der Waals surface area (Å²) in [6.45, 7) is 1.98. The summed E-state index contributed by atoms with van der Waals surface area (Å²) in [7, 11) is 3.38. The maximum atomic E-state index is 5.60. The quantitative estimate of drug-likeness (QED) is 0.615. The van der Waals surface area contributed by atoms with Gasteiger partial charge in [0.1, 0.15) is 11.5 Å². The normalized spacial score (nSPS) is 18.0. The molecule has 1 aliphatic heterocycles. The van der Waals surface area contributed by atoms with Crippen molar-refractivity contribution in [2.24, 2.45) is 0 Å². The molecular formula is C22H27N3O2S. The van der Waals surface area contributed by atoms with Crippen LogP contribution in [0, 0.1) is 0 Å². The van der Waals surface area contributed by atoms with Gasteiger partial charge < -0.3 is 9.47 Å². The van der Waals surface area contributed by atoms with Gasteiger partial charge in [0.25, 0.3) is 0 Å². The molecule has 1 atom stereocenters. The molecule has 28 heavy (non-hydrogen) atoms. The van der Waals surface area contributed by atoms with E-state index in [1.807, 2.05) is 35.7 Å². The molecule has 1 aromatic carbocycles. The molecule has 1 fully saturated rings. The second kappa shape index (κ2) is 8.80. The molecule has 0 saturated carbocycles. The van der Waals surface area contributed by atoms with Gasteiger partial charge >= 0.3 is 0 Å². The van der Waals surface area contributed by atoms with Gasteiger partial charge in [0.05, 0.1) is 26.1 Å². The van der Waals surface area contributed by atoms with E-state index in [0.29, 0.717) is 6.04 Å². The van der Waals surface area contributed by atoms with Crippen molar-refractivity contribution in [3.8, 4) is 22.8 Å². The Bertz CT molecular complexity index is 891. The SMILES string of the molecule is COc1ccc(OC)c(-c2[nH]ncc2CN2CCCCC[C@H]2c2cccs2)c1. The lowest BCUT2D eigenvalue weighted by Crippen LogP contribution is -2.27. The third kappa shape index (κ3) is 3.93. The van der Waals surface area contributed by atoms with Crippen LogP contribution in [-0.4, -0.2) is 35.9 Å². The fraction of sp³-hybridized carbons (Fsp3) is 0.409. The van der Waals surface area contributed by atoms with Crippen LogP contribution in [0.4, 0.5) is 0 Å². The van der Waals surface area contributed by atoms with Gasteiger partial charge in [0.15, 0.2) is 0 Å². The number of nitrogens with zero attached hydrogens (tertiary/aromatic N) is 2. The summed E-state index contributed by atoms with van der Waals surface area (Å²) < 4.78 is 11.0. The lowest BCUT2D eigenvalue weighted by atomic mass is 10.0. The van der Waals surface area contributed by atoms with Crippen LogP contribution in [0.25, 0.3) is 11.3 Å². The summed E-state index contributed by atoms with van der Waals surface area (Å²) in [5.74, 6) is 1.62. The third-order valence-corrected chi connectivity index (χ3v) is 6.48. The molecule has 148 valence electrons. The minimum Gasteiger partial charge on any atom is -0.497 e. The largest absolute Gasteiger partial charge is 0.497 e. The highest BCUT2D eigenvalue weighted by molar-refractivity contribution is 7.10. The van der Waals surface area contributed by atoms with E-state index in [1.165, 1.54) is 36.1 Å². The van der Waals surface area contributed by atoms with Gasteiger partial charge in [-0.05, 0) is 49.0 Å². The van der Waals surface area contributed by atoms with Gasteiger partial charge in [0, 0.05) is 28.6 Å². The number of ether oxygens (including phenoxy) is 2. The van der Waals surface area contributed by atoms with Crippen LogP contribution in [0.2, 0.25) is 0 Å². The molecule has 0 radical (unpaired) electrons. The number of methoxy groups -OCH3 is 2. The van der Waals surface area contributed by atoms with Crippen LogP contribution >= 0.6 is 11.3 Å². The second-order valence-electron chi connectivity index (χ2n) is 7.19. The molecule has 1 aliphatic rings. The molecule has 0 unspecified atom stereocenters. The van der Waals surface area contributed by atoms with Gasteiger partial charge in [-0.15, -0.1) is 11.3 Å². The zero-order valence-corrected chi connectivity index (χ0v) is 17.3. The van der Waals surface area contributed by atoms with Crippen LogP contribution in [0.5, 0.6) is 11.5 Å². The summed E-state index contributed by atoms with van der Waals surface area (Å²) in [5.41, 5.74) is 3.18. The van der Waals surface area contributed by atoms with E-state index < -0.39 is 0 Å². The predicted octanol–water partition coefficient (Wildman–Crippen LogP) is 5.27.